The fourth-order valence-corrected chi connectivity index (χ4v) is 2.62. The molecule has 2 aromatic carbocycles. The van der Waals surface area contributed by atoms with Crippen molar-refractivity contribution in [3.63, 3.8) is 0 Å². The summed E-state index contributed by atoms with van der Waals surface area (Å²) in [4.78, 5) is 12.3. The van der Waals surface area contributed by atoms with Crippen LogP contribution in [-0.2, 0) is 6.54 Å². The van der Waals surface area contributed by atoms with E-state index < -0.39 is 11.7 Å². The average Bonchev–Trinajstić information content (AvgIpc) is 3.16. The molecule has 0 saturated carbocycles. The second kappa shape index (κ2) is 7.74. The molecule has 26 heavy (non-hydrogen) atoms. The van der Waals surface area contributed by atoms with Crippen molar-refractivity contribution in [3.8, 4) is 22.8 Å². The van der Waals surface area contributed by atoms with Gasteiger partial charge in [-0.2, -0.15) is 0 Å². The van der Waals surface area contributed by atoms with Crippen molar-refractivity contribution in [1.29, 1.82) is 0 Å². The molecule has 5 nitrogen and oxygen atoms in total. The van der Waals surface area contributed by atoms with Gasteiger partial charge in [0.25, 0.3) is 5.91 Å². The Morgan fingerprint density at radius 1 is 1.04 bits per heavy atom. The topological polar surface area (TPSA) is 60.7 Å². The molecular weight excluding hydrogens is 337 g/mol. The first-order valence-electron chi connectivity index (χ1n) is 7.97. The molecule has 0 fully saturated rings. The van der Waals surface area contributed by atoms with Gasteiger partial charge in [0.15, 0.2) is 17.3 Å². The standard InChI is InChI=1S/C20H18FNO4/c1-24-17-9-5-6-13(19(17)25-2)12-22-20(23)18-11-10-16(26-18)14-7-3-4-8-15(14)21/h3-11H,12H2,1-2H3,(H,22,23). The number of hydrogen-bond acceptors (Lipinski definition) is 4. The van der Waals surface area contributed by atoms with Gasteiger partial charge in [-0.3, -0.25) is 4.79 Å². The van der Waals surface area contributed by atoms with Gasteiger partial charge in [0.1, 0.15) is 11.6 Å². The number of rotatable bonds is 6. The molecule has 3 aromatic rings. The third-order valence-corrected chi connectivity index (χ3v) is 3.89. The van der Waals surface area contributed by atoms with Crippen molar-refractivity contribution in [1.82, 2.24) is 5.32 Å². The quantitative estimate of drug-likeness (QED) is 0.725. The molecule has 0 radical (unpaired) electrons. The second-order valence-electron chi connectivity index (χ2n) is 5.48. The minimum atomic E-state index is -0.407. The Balaban J connectivity index is 1.73. The van der Waals surface area contributed by atoms with Crippen LogP contribution in [0.4, 0.5) is 4.39 Å². The van der Waals surface area contributed by atoms with E-state index in [1.165, 1.54) is 19.2 Å². The summed E-state index contributed by atoms with van der Waals surface area (Å²) in [5.41, 5.74) is 1.07. The van der Waals surface area contributed by atoms with Gasteiger partial charge in [-0.1, -0.05) is 24.3 Å². The molecule has 6 heteroatoms. The van der Waals surface area contributed by atoms with Crippen molar-refractivity contribution >= 4 is 5.91 Å². The van der Waals surface area contributed by atoms with Crippen molar-refractivity contribution in [2.75, 3.05) is 14.2 Å². The van der Waals surface area contributed by atoms with E-state index in [0.717, 1.165) is 5.56 Å². The summed E-state index contributed by atoms with van der Waals surface area (Å²) in [5, 5.41) is 2.76. The maximum atomic E-state index is 13.8. The molecule has 1 N–H and O–H groups in total. The fraction of sp³-hybridized carbons (Fsp3) is 0.150. The lowest BCUT2D eigenvalue weighted by atomic mass is 10.1. The molecule has 0 aliphatic carbocycles. The highest BCUT2D eigenvalue weighted by atomic mass is 19.1. The number of furan rings is 1. The number of para-hydroxylation sites is 1. The third kappa shape index (κ3) is 3.54. The molecule has 0 unspecified atom stereocenters. The Morgan fingerprint density at radius 2 is 1.85 bits per heavy atom. The van der Waals surface area contributed by atoms with Crippen LogP contribution in [0.3, 0.4) is 0 Å². The zero-order valence-corrected chi connectivity index (χ0v) is 14.4. The van der Waals surface area contributed by atoms with Gasteiger partial charge in [-0.05, 0) is 30.3 Å². The molecule has 0 aliphatic heterocycles. The van der Waals surface area contributed by atoms with E-state index in [2.05, 4.69) is 5.32 Å². The van der Waals surface area contributed by atoms with Crippen LogP contribution in [0, 0.1) is 5.82 Å². The predicted octanol–water partition coefficient (Wildman–Crippen LogP) is 4.03. The molecule has 0 atom stereocenters. The summed E-state index contributed by atoms with van der Waals surface area (Å²) < 4.78 is 29.9. The number of halogens is 1. The molecule has 3 rings (SSSR count). The highest BCUT2D eigenvalue weighted by Crippen LogP contribution is 2.30. The van der Waals surface area contributed by atoms with Crippen molar-refractivity contribution < 1.29 is 23.1 Å². The van der Waals surface area contributed by atoms with Crippen LogP contribution in [0.25, 0.3) is 11.3 Å². The Morgan fingerprint density at radius 3 is 2.58 bits per heavy atom. The molecule has 0 saturated heterocycles. The summed E-state index contributed by atoms with van der Waals surface area (Å²) in [7, 11) is 3.09. The lowest BCUT2D eigenvalue weighted by Gasteiger charge is -2.12. The van der Waals surface area contributed by atoms with Gasteiger partial charge in [-0.15, -0.1) is 0 Å². The van der Waals surface area contributed by atoms with Crippen LogP contribution < -0.4 is 14.8 Å². The largest absolute Gasteiger partial charge is 0.493 e. The number of carbonyl (C=O) groups excluding carboxylic acids is 1. The highest BCUT2D eigenvalue weighted by molar-refractivity contribution is 5.92. The lowest BCUT2D eigenvalue weighted by molar-refractivity contribution is 0.0923. The SMILES string of the molecule is COc1cccc(CNC(=O)c2ccc(-c3ccccc3F)o2)c1OC. The zero-order chi connectivity index (χ0) is 18.5. The average molecular weight is 355 g/mol. The summed E-state index contributed by atoms with van der Waals surface area (Å²) in [6, 6.07) is 14.7. The number of ether oxygens (including phenoxy) is 2. The molecular formula is C20H18FNO4. The fourth-order valence-electron chi connectivity index (χ4n) is 2.62. The summed E-state index contributed by atoms with van der Waals surface area (Å²) in [6.07, 6.45) is 0. The molecule has 0 bridgehead atoms. The number of methoxy groups -OCH3 is 2. The lowest BCUT2D eigenvalue weighted by Crippen LogP contribution is -2.22. The highest BCUT2D eigenvalue weighted by Gasteiger charge is 2.15. The molecule has 1 amide bonds. The third-order valence-electron chi connectivity index (χ3n) is 3.89. The van der Waals surface area contributed by atoms with Crippen LogP contribution in [0.2, 0.25) is 0 Å². The molecule has 0 spiro atoms. The van der Waals surface area contributed by atoms with Crippen LogP contribution in [0.1, 0.15) is 16.1 Å². The smallest absolute Gasteiger partial charge is 0.287 e. The van der Waals surface area contributed by atoms with E-state index in [9.17, 15) is 9.18 Å². The Kier molecular flexibility index (Phi) is 5.22. The van der Waals surface area contributed by atoms with E-state index in [4.69, 9.17) is 13.9 Å². The molecule has 1 aromatic heterocycles. The first kappa shape index (κ1) is 17.5. The summed E-state index contributed by atoms with van der Waals surface area (Å²) in [5.74, 6) is 0.727. The number of amides is 1. The van der Waals surface area contributed by atoms with Crippen LogP contribution >= 0.6 is 0 Å². The van der Waals surface area contributed by atoms with Gasteiger partial charge in [0.05, 0.1) is 19.8 Å². The maximum Gasteiger partial charge on any atom is 0.287 e. The van der Waals surface area contributed by atoms with Gasteiger partial charge >= 0.3 is 0 Å². The maximum absolute atomic E-state index is 13.8. The number of benzene rings is 2. The monoisotopic (exact) mass is 355 g/mol. The van der Waals surface area contributed by atoms with E-state index in [0.29, 0.717) is 22.8 Å². The Labute approximate surface area is 150 Å². The number of carbonyl (C=O) groups is 1. The summed E-state index contributed by atoms with van der Waals surface area (Å²) in [6.45, 7) is 0.231. The molecule has 134 valence electrons. The van der Waals surface area contributed by atoms with Crippen molar-refractivity contribution in [3.05, 3.63) is 71.7 Å². The van der Waals surface area contributed by atoms with Crippen LogP contribution in [-0.4, -0.2) is 20.1 Å². The zero-order valence-electron chi connectivity index (χ0n) is 14.4. The van der Waals surface area contributed by atoms with Crippen molar-refractivity contribution in [2.24, 2.45) is 0 Å². The normalized spacial score (nSPS) is 10.4. The number of hydrogen-bond donors (Lipinski definition) is 1. The predicted molar refractivity (Wildman–Crippen MR) is 94.8 cm³/mol. The van der Waals surface area contributed by atoms with E-state index in [1.54, 1.807) is 37.4 Å². The van der Waals surface area contributed by atoms with Gasteiger partial charge in [0.2, 0.25) is 0 Å². The van der Waals surface area contributed by atoms with E-state index in [-0.39, 0.29) is 12.3 Å². The molecule has 0 aliphatic rings. The van der Waals surface area contributed by atoms with E-state index in [1.807, 2.05) is 12.1 Å². The second-order valence-corrected chi connectivity index (χ2v) is 5.48. The Bertz CT molecular complexity index is 920. The Hall–Kier alpha value is -3.28. The van der Waals surface area contributed by atoms with Gasteiger partial charge in [-0.25, -0.2) is 4.39 Å². The minimum Gasteiger partial charge on any atom is -0.493 e. The first-order valence-corrected chi connectivity index (χ1v) is 7.97. The van der Waals surface area contributed by atoms with Crippen molar-refractivity contribution in [2.45, 2.75) is 6.54 Å². The molecule has 1 heterocycles. The first-order chi connectivity index (χ1) is 12.6. The van der Waals surface area contributed by atoms with Gasteiger partial charge < -0.3 is 19.2 Å². The minimum absolute atomic E-state index is 0.102. The van der Waals surface area contributed by atoms with E-state index >= 15 is 0 Å². The van der Waals surface area contributed by atoms with Crippen LogP contribution in [0.15, 0.2) is 59.0 Å². The van der Waals surface area contributed by atoms with Crippen LogP contribution in [0.5, 0.6) is 11.5 Å². The summed E-state index contributed by atoms with van der Waals surface area (Å²) >= 11 is 0. The number of nitrogens with one attached hydrogen (secondary N) is 1. The van der Waals surface area contributed by atoms with Gasteiger partial charge in [0, 0.05) is 12.1 Å².